The van der Waals surface area contributed by atoms with Crippen LogP contribution in [0.2, 0.25) is 0 Å². The highest BCUT2D eigenvalue weighted by Gasteiger charge is 2.45. The van der Waals surface area contributed by atoms with Crippen molar-refractivity contribution in [3.8, 4) is 5.69 Å². The molecule has 0 aliphatic heterocycles. The van der Waals surface area contributed by atoms with Gasteiger partial charge in [0.15, 0.2) is 0 Å². The third-order valence-electron chi connectivity index (χ3n) is 5.90. The summed E-state index contributed by atoms with van der Waals surface area (Å²) in [4.78, 5) is 12.9. The second-order valence-corrected chi connectivity index (χ2v) is 7.68. The Morgan fingerprint density at radius 3 is 2.39 bits per heavy atom. The fraction of sp³-hybridized carbons (Fsp3) is 0.333. The summed E-state index contributed by atoms with van der Waals surface area (Å²) in [5, 5.41) is 7.81. The van der Waals surface area contributed by atoms with E-state index in [1.54, 1.807) is 0 Å². The number of hydrogen-bond acceptors (Lipinski definition) is 2. The summed E-state index contributed by atoms with van der Waals surface area (Å²) < 4.78 is 1.93. The molecule has 144 valence electrons. The van der Waals surface area contributed by atoms with Gasteiger partial charge in [0.2, 0.25) is 5.91 Å². The number of aryl methyl sites for hydroxylation is 2. The number of hydrogen-bond donors (Lipinski definition) is 1. The Bertz CT molecular complexity index is 927. The molecule has 1 saturated carbocycles. The molecule has 4 rings (SSSR count). The van der Waals surface area contributed by atoms with Gasteiger partial charge >= 0.3 is 0 Å². The van der Waals surface area contributed by atoms with Gasteiger partial charge in [0.1, 0.15) is 0 Å². The van der Waals surface area contributed by atoms with Crippen molar-refractivity contribution in [2.45, 2.75) is 44.4 Å². The van der Waals surface area contributed by atoms with Gasteiger partial charge in [0.05, 0.1) is 16.8 Å². The predicted molar refractivity (Wildman–Crippen MR) is 112 cm³/mol. The molecule has 1 fully saturated rings. The van der Waals surface area contributed by atoms with E-state index in [4.69, 9.17) is 0 Å². The van der Waals surface area contributed by atoms with E-state index in [1.165, 1.54) is 5.56 Å². The van der Waals surface area contributed by atoms with Crippen molar-refractivity contribution < 1.29 is 4.79 Å². The summed E-state index contributed by atoms with van der Waals surface area (Å²) in [6.07, 6.45) is 6.96. The zero-order chi connectivity index (χ0) is 19.4. The van der Waals surface area contributed by atoms with Gasteiger partial charge in [-0.1, -0.05) is 55.0 Å². The van der Waals surface area contributed by atoms with Crippen molar-refractivity contribution in [2.75, 3.05) is 6.54 Å². The third-order valence-corrected chi connectivity index (χ3v) is 5.90. The van der Waals surface area contributed by atoms with Crippen molar-refractivity contribution in [3.05, 3.63) is 83.7 Å². The maximum atomic E-state index is 12.9. The van der Waals surface area contributed by atoms with E-state index >= 15 is 0 Å². The molecule has 0 bridgehead atoms. The zero-order valence-corrected chi connectivity index (χ0v) is 16.4. The van der Waals surface area contributed by atoms with E-state index in [2.05, 4.69) is 40.9 Å². The quantitative estimate of drug-likeness (QED) is 0.626. The molecule has 4 heteroatoms. The van der Waals surface area contributed by atoms with Gasteiger partial charge in [0.25, 0.3) is 0 Å². The molecule has 1 amide bonds. The average Bonchev–Trinajstić information content (AvgIpc) is 3.07. The maximum absolute atomic E-state index is 12.9. The van der Waals surface area contributed by atoms with Crippen LogP contribution < -0.4 is 5.32 Å². The molecule has 0 saturated heterocycles. The van der Waals surface area contributed by atoms with Crippen LogP contribution in [0.1, 0.15) is 42.5 Å². The highest BCUT2D eigenvalue weighted by molar-refractivity contribution is 5.89. The molecule has 1 N–H and O–H groups in total. The van der Waals surface area contributed by atoms with Gasteiger partial charge in [-0.15, -0.1) is 0 Å². The topological polar surface area (TPSA) is 46.9 Å². The third kappa shape index (κ3) is 3.59. The SMILES string of the molecule is Cc1nn(-c2ccccc2)cc1CCCNC(=O)C1(c2ccccc2)CCC1. The number of aromatic nitrogens is 2. The number of benzene rings is 2. The van der Waals surface area contributed by atoms with E-state index in [9.17, 15) is 4.79 Å². The molecule has 28 heavy (non-hydrogen) atoms. The first-order valence-corrected chi connectivity index (χ1v) is 10.1. The van der Waals surface area contributed by atoms with Crippen molar-refractivity contribution in [1.29, 1.82) is 0 Å². The van der Waals surface area contributed by atoms with E-state index in [1.807, 2.05) is 48.0 Å². The number of nitrogens with one attached hydrogen (secondary N) is 1. The molecule has 0 unspecified atom stereocenters. The van der Waals surface area contributed by atoms with Crippen LogP contribution in [0.3, 0.4) is 0 Å². The lowest BCUT2D eigenvalue weighted by atomic mass is 9.64. The summed E-state index contributed by atoms with van der Waals surface area (Å²) in [6.45, 7) is 2.75. The maximum Gasteiger partial charge on any atom is 0.230 e. The smallest absolute Gasteiger partial charge is 0.230 e. The number of para-hydroxylation sites is 1. The Kier molecular flexibility index (Phi) is 5.29. The summed E-state index contributed by atoms with van der Waals surface area (Å²) >= 11 is 0. The van der Waals surface area contributed by atoms with Gasteiger partial charge in [0, 0.05) is 12.7 Å². The van der Waals surface area contributed by atoms with Crippen molar-refractivity contribution in [3.63, 3.8) is 0 Å². The molecular weight excluding hydrogens is 346 g/mol. The number of carbonyl (C=O) groups excluding carboxylic acids is 1. The van der Waals surface area contributed by atoms with Crippen LogP contribution in [0.5, 0.6) is 0 Å². The molecule has 0 atom stereocenters. The van der Waals surface area contributed by atoms with Gasteiger partial charge in [-0.2, -0.15) is 5.10 Å². The van der Waals surface area contributed by atoms with Gasteiger partial charge in [-0.3, -0.25) is 4.79 Å². The number of amides is 1. The Morgan fingerprint density at radius 1 is 1.07 bits per heavy atom. The first-order chi connectivity index (χ1) is 13.7. The number of carbonyl (C=O) groups is 1. The average molecular weight is 374 g/mol. The first-order valence-electron chi connectivity index (χ1n) is 10.1. The van der Waals surface area contributed by atoms with Gasteiger partial charge in [-0.25, -0.2) is 4.68 Å². The molecule has 0 spiro atoms. The second-order valence-electron chi connectivity index (χ2n) is 7.68. The fourth-order valence-electron chi connectivity index (χ4n) is 4.04. The van der Waals surface area contributed by atoms with Crippen molar-refractivity contribution in [2.24, 2.45) is 0 Å². The highest BCUT2D eigenvalue weighted by atomic mass is 16.2. The highest BCUT2D eigenvalue weighted by Crippen LogP contribution is 2.43. The lowest BCUT2D eigenvalue weighted by Gasteiger charge is -2.40. The summed E-state index contributed by atoms with van der Waals surface area (Å²) in [7, 11) is 0. The minimum Gasteiger partial charge on any atom is -0.355 e. The second kappa shape index (κ2) is 8.01. The summed E-state index contributed by atoms with van der Waals surface area (Å²) in [5.41, 5.74) is 4.20. The van der Waals surface area contributed by atoms with Crippen LogP contribution >= 0.6 is 0 Å². The Hall–Kier alpha value is -2.88. The molecule has 3 aromatic rings. The van der Waals surface area contributed by atoms with Crippen LogP contribution in [0.25, 0.3) is 5.69 Å². The van der Waals surface area contributed by atoms with E-state index < -0.39 is 0 Å². The molecule has 1 aliphatic carbocycles. The van der Waals surface area contributed by atoms with Crippen LogP contribution in [0.15, 0.2) is 66.9 Å². The van der Waals surface area contributed by atoms with E-state index in [0.29, 0.717) is 6.54 Å². The molecule has 0 radical (unpaired) electrons. The molecule has 1 aromatic heterocycles. The largest absolute Gasteiger partial charge is 0.355 e. The molecular formula is C24H27N3O. The van der Waals surface area contributed by atoms with Gasteiger partial charge < -0.3 is 5.32 Å². The first kappa shape index (κ1) is 18.5. The summed E-state index contributed by atoms with van der Waals surface area (Å²) in [6, 6.07) is 20.4. The fourth-order valence-corrected chi connectivity index (χ4v) is 4.04. The van der Waals surface area contributed by atoms with E-state index in [-0.39, 0.29) is 11.3 Å². The molecule has 4 nitrogen and oxygen atoms in total. The van der Waals surface area contributed by atoms with Crippen LogP contribution in [0, 0.1) is 6.92 Å². The normalized spacial score (nSPS) is 15.0. The molecule has 1 heterocycles. The van der Waals surface area contributed by atoms with Gasteiger partial charge in [-0.05, 0) is 55.9 Å². The summed E-state index contributed by atoms with van der Waals surface area (Å²) in [5.74, 6) is 0.182. The Labute approximate surface area is 166 Å². The zero-order valence-electron chi connectivity index (χ0n) is 16.4. The molecule has 2 aromatic carbocycles. The number of nitrogens with zero attached hydrogens (tertiary/aromatic N) is 2. The standard InChI is InChI=1S/C24H27N3O/c1-19-20(18-27(26-19)22-13-6-3-7-14-22)10-8-17-25-23(28)24(15-9-16-24)21-11-4-2-5-12-21/h2-7,11-14,18H,8-10,15-17H2,1H3,(H,25,28). The lowest BCUT2D eigenvalue weighted by Crippen LogP contribution is -2.49. The minimum absolute atomic E-state index is 0.182. The van der Waals surface area contributed by atoms with Crippen molar-refractivity contribution >= 4 is 5.91 Å². The van der Waals surface area contributed by atoms with Crippen LogP contribution in [0.4, 0.5) is 0 Å². The lowest BCUT2D eigenvalue weighted by molar-refractivity contribution is -0.129. The van der Waals surface area contributed by atoms with Crippen molar-refractivity contribution in [1.82, 2.24) is 15.1 Å². The monoisotopic (exact) mass is 373 g/mol. The predicted octanol–water partition coefficient (Wildman–Crippen LogP) is 4.35. The van der Waals surface area contributed by atoms with Crippen LogP contribution in [-0.4, -0.2) is 22.2 Å². The Balaban J connectivity index is 1.33. The Morgan fingerprint density at radius 2 is 1.75 bits per heavy atom. The minimum atomic E-state index is -0.310. The number of rotatable bonds is 7. The van der Waals surface area contributed by atoms with Crippen LogP contribution in [-0.2, 0) is 16.6 Å². The van der Waals surface area contributed by atoms with E-state index in [0.717, 1.165) is 49.0 Å². The molecule has 1 aliphatic rings.